The summed E-state index contributed by atoms with van der Waals surface area (Å²) in [5.41, 5.74) is 5.35. The van der Waals surface area contributed by atoms with Crippen LogP contribution in [-0.2, 0) is 9.59 Å². The summed E-state index contributed by atoms with van der Waals surface area (Å²) < 4.78 is 0. The Balaban J connectivity index is 2.05. The first kappa shape index (κ1) is 14.6. The first-order valence-electron chi connectivity index (χ1n) is 7.08. The van der Waals surface area contributed by atoms with Crippen LogP contribution in [0.1, 0.15) is 32.1 Å². The van der Waals surface area contributed by atoms with E-state index in [4.69, 9.17) is 10.8 Å². The number of piperidine rings is 2. The molecule has 2 atom stereocenters. The van der Waals surface area contributed by atoms with Crippen molar-refractivity contribution in [1.29, 1.82) is 0 Å². The van der Waals surface area contributed by atoms with Gasteiger partial charge in [-0.25, -0.2) is 4.79 Å². The van der Waals surface area contributed by atoms with E-state index in [1.54, 1.807) is 4.90 Å². The van der Waals surface area contributed by atoms with Crippen LogP contribution in [0.5, 0.6) is 0 Å². The summed E-state index contributed by atoms with van der Waals surface area (Å²) >= 11 is 0. The van der Waals surface area contributed by atoms with Gasteiger partial charge >= 0.3 is 12.0 Å². The highest BCUT2D eigenvalue weighted by Crippen LogP contribution is 2.22. The number of carbonyl (C=O) groups is 3. The summed E-state index contributed by atoms with van der Waals surface area (Å²) in [5.74, 6) is -1.86. The van der Waals surface area contributed by atoms with E-state index >= 15 is 0 Å². The van der Waals surface area contributed by atoms with Gasteiger partial charge < -0.3 is 20.6 Å². The molecule has 2 heterocycles. The maximum Gasteiger partial charge on any atom is 0.320 e. The molecule has 0 aromatic heterocycles. The molecule has 20 heavy (non-hydrogen) atoms. The molecule has 0 aromatic carbocycles. The third-order valence-corrected chi connectivity index (χ3v) is 4.12. The van der Waals surface area contributed by atoms with Crippen LogP contribution < -0.4 is 5.73 Å². The molecule has 0 radical (unpaired) electrons. The maximum atomic E-state index is 12.5. The maximum absolute atomic E-state index is 12.5. The van der Waals surface area contributed by atoms with Crippen molar-refractivity contribution in [3.05, 3.63) is 0 Å². The number of carbonyl (C=O) groups excluding carboxylic acids is 2. The number of nitrogens with two attached hydrogens (primary N) is 1. The average Bonchev–Trinajstić information content (AvgIpc) is 2.46. The number of hydrogen-bond acceptors (Lipinski definition) is 3. The predicted molar refractivity (Wildman–Crippen MR) is 70.9 cm³/mol. The van der Waals surface area contributed by atoms with Crippen molar-refractivity contribution in [3.63, 3.8) is 0 Å². The van der Waals surface area contributed by atoms with E-state index in [0.717, 1.165) is 12.8 Å². The normalized spacial score (nSPS) is 27.2. The molecule has 1 unspecified atom stereocenters. The van der Waals surface area contributed by atoms with E-state index in [0.29, 0.717) is 32.4 Å². The number of nitrogens with zero attached hydrogens (tertiary/aromatic N) is 2. The second kappa shape index (κ2) is 6.11. The second-order valence-electron chi connectivity index (χ2n) is 5.51. The van der Waals surface area contributed by atoms with Crippen molar-refractivity contribution in [1.82, 2.24) is 9.80 Å². The number of likely N-dealkylation sites (tertiary alicyclic amines) is 2. The van der Waals surface area contributed by atoms with E-state index < -0.39 is 23.8 Å². The first-order chi connectivity index (χ1) is 9.50. The van der Waals surface area contributed by atoms with Gasteiger partial charge in [-0.2, -0.15) is 0 Å². The number of hydrogen-bond donors (Lipinski definition) is 2. The smallest absolute Gasteiger partial charge is 0.320 e. The lowest BCUT2D eigenvalue weighted by Crippen LogP contribution is -2.56. The Morgan fingerprint density at radius 3 is 2.45 bits per heavy atom. The molecule has 2 fully saturated rings. The lowest BCUT2D eigenvalue weighted by molar-refractivity contribution is -0.143. The van der Waals surface area contributed by atoms with Crippen LogP contribution in [0.3, 0.4) is 0 Å². The van der Waals surface area contributed by atoms with Gasteiger partial charge in [-0.05, 0) is 32.1 Å². The Bertz CT molecular complexity index is 412. The number of urea groups is 1. The first-order valence-corrected chi connectivity index (χ1v) is 7.08. The number of amides is 3. The molecular formula is C13H21N3O4. The second-order valence-corrected chi connectivity index (χ2v) is 5.51. The average molecular weight is 283 g/mol. The molecule has 2 aliphatic heterocycles. The van der Waals surface area contributed by atoms with Gasteiger partial charge in [0.2, 0.25) is 5.91 Å². The van der Waals surface area contributed by atoms with Gasteiger partial charge in [0, 0.05) is 19.6 Å². The fraction of sp³-hybridized carbons (Fsp3) is 0.769. The molecule has 0 bridgehead atoms. The quantitative estimate of drug-likeness (QED) is 0.757. The largest absolute Gasteiger partial charge is 0.481 e. The molecule has 2 rings (SSSR count). The Hall–Kier alpha value is -1.79. The van der Waals surface area contributed by atoms with Crippen LogP contribution in [-0.4, -0.2) is 58.5 Å². The van der Waals surface area contributed by atoms with E-state index in [1.165, 1.54) is 4.90 Å². The molecule has 0 aliphatic carbocycles. The minimum atomic E-state index is -0.868. The highest BCUT2D eigenvalue weighted by molar-refractivity contribution is 5.86. The fourth-order valence-corrected chi connectivity index (χ4v) is 2.99. The van der Waals surface area contributed by atoms with Crippen LogP contribution in [0.2, 0.25) is 0 Å². The standard InChI is InChI=1S/C13H21N3O4/c14-11(17)10-5-1-2-7-16(10)13(20)15-6-3-4-9(8-15)12(18)19/h9-10H,1-8H2,(H2,14,17)(H,18,19)/t9-,10?/m0/s1. The zero-order valence-corrected chi connectivity index (χ0v) is 11.5. The molecule has 2 aliphatic rings. The van der Waals surface area contributed by atoms with Crippen LogP contribution in [0.4, 0.5) is 4.79 Å². The van der Waals surface area contributed by atoms with Crippen LogP contribution in [0, 0.1) is 5.92 Å². The molecule has 3 N–H and O–H groups in total. The van der Waals surface area contributed by atoms with Crippen LogP contribution in [0.25, 0.3) is 0 Å². The van der Waals surface area contributed by atoms with Gasteiger partial charge in [-0.1, -0.05) is 0 Å². The Kier molecular flexibility index (Phi) is 4.46. The molecule has 7 heteroatoms. The number of aliphatic carboxylic acids is 1. The number of primary amides is 1. The summed E-state index contributed by atoms with van der Waals surface area (Å²) in [6.07, 6.45) is 3.61. The van der Waals surface area contributed by atoms with E-state index in [2.05, 4.69) is 0 Å². The van der Waals surface area contributed by atoms with Crippen LogP contribution >= 0.6 is 0 Å². The van der Waals surface area contributed by atoms with E-state index in [9.17, 15) is 14.4 Å². The van der Waals surface area contributed by atoms with Gasteiger partial charge in [0.1, 0.15) is 6.04 Å². The van der Waals surface area contributed by atoms with Gasteiger partial charge in [0.25, 0.3) is 0 Å². The third-order valence-electron chi connectivity index (χ3n) is 4.12. The molecule has 112 valence electrons. The van der Waals surface area contributed by atoms with Crippen molar-refractivity contribution in [2.75, 3.05) is 19.6 Å². The van der Waals surface area contributed by atoms with Crippen molar-refractivity contribution >= 4 is 17.9 Å². The zero-order valence-electron chi connectivity index (χ0n) is 11.5. The molecular weight excluding hydrogens is 262 g/mol. The molecule has 3 amide bonds. The Morgan fingerprint density at radius 2 is 1.80 bits per heavy atom. The zero-order chi connectivity index (χ0) is 14.7. The lowest BCUT2D eigenvalue weighted by atomic mass is 9.98. The van der Waals surface area contributed by atoms with E-state index in [-0.39, 0.29) is 12.6 Å². The molecule has 2 saturated heterocycles. The summed E-state index contributed by atoms with van der Waals surface area (Å²) in [6.45, 7) is 1.28. The molecule has 0 saturated carbocycles. The monoisotopic (exact) mass is 283 g/mol. The van der Waals surface area contributed by atoms with E-state index in [1.807, 2.05) is 0 Å². The van der Waals surface area contributed by atoms with Gasteiger partial charge in [0.15, 0.2) is 0 Å². The summed E-state index contributed by atoms with van der Waals surface area (Å²) in [4.78, 5) is 38.0. The van der Waals surface area contributed by atoms with Gasteiger partial charge in [0.05, 0.1) is 5.92 Å². The van der Waals surface area contributed by atoms with Crippen molar-refractivity contribution in [2.45, 2.75) is 38.1 Å². The minimum Gasteiger partial charge on any atom is -0.481 e. The fourth-order valence-electron chi connectivity index (χ4n) is 2.99. The Morgan fingerprint density at radius 1 is 1.05 bits per heavy atom. The highest BCUT2D eigenvalue weighted by Gasteiger charge is 2.36. The summed E-state index contributed by atoms with van der Waals surface area (Å²) in [6, 6.07) is -0.805. The predicted octanol–water partition coefficient (Wildman–Crippen LogP) is 0.243. The topological polar surface area (TPSA) is 104 Å². The number of carboxylic acids is 1. The van der Waals surface area contributed by atoms with Gasteiger partial charge in [-0.3, -0.25) is 9.59 Å². The number of carboxylic acid groups (broad SMARTS) is 1. The van der Waals surface area contributed by atoms with Crippen molar-refractivity contribution < 1.29 is 19.5 Å². The molecule has 0 aromatic rings. The molecule has 0 spiro atoms. The SMILES string of the molecule is NC(=O)C1CCCCN1C(=O)N1CCC[C@H](C(=O)O)C1. The lowest BCUT2D eigenvalue weighted by Gasteiger charge is -2.39. The highest BCUT2D eigenvalue weighted by atomic mass is 16.4. The minimum absolute atomic E-state index is 0.218. The molecule has 7 nitrogen and oxygen atoms in total. The van der Waals surface area contributed by atoms with Crippen molar-refractivity contribution in [2.24, 2.45) is 11.7 Å². The Labute approximate surface area is 117 Å². The summed E-state index contributed by atoms with van der Waals surface area (Å²) in [5, 5.41) is 9.06. The number of rotatable bonds is 2. The van der Waals surface area contributed by atoms with Crippen molar-refractivity contribution in [3.8, 4) is 0 Å². The third kappa shape index (κ3) is 3.02. The van der Waals surface area contributed by atoms with Gasteiger partial charge in [-0.15, -0.1) is 0 Å². The van der Waals surface area contributed by atoms with Crippen LogP contribution in [0.15, 0.2) is 0 Å². The summed E-state index contributed by atoms with van der Waals surface area (Å²) in [7, 11) is 0.